The molecule has 0 amide bonds. The molecule has 1 aromatic heterocycles. The van der Waals surface area contributed by atoms with E-state index in [1.807, 2.05) is 43.5 Å². The highest BCUT2D eigenvalue weighted by Gasteiger charge is 2.07. The van der Waals surface area contributed by atoms with Crippen molar-refractivity contribution >= 4 is 0 Å². The van der Waals surface area contributed by atoms with Crippen LogP contribution in [0.2, 0.25) is 0 Å². The van der Waals surface area contributed by atoms with E-state index in [4.69, 9.17) is 4.74 Å². The Morgan fingerprint density at radius 3 is 2.50 bits per heavy atom. The summed E-state index contributed by atoms with van der Waals surface area (Å²) >= 11 is 0. The molecule has 0 aliphatic rings. The van der Waals surface area contributed by atoms with Gasteiger partial charge in [-0.2, -0.15) is 5.10 Å². The minimum Gasteiger partial charge on any atom is -0.489 e. The van der Waals surface area contributed by atoms with E-state index in [0.717, 1.165) is 18.0 Å². The fourth-order valence-corrected chi connectivity index (χ4v) is 2.53. The number of hydrogen-bond donors (Lipinski definition) is 2. The molecule has 3 rings (SSSR count). The Bertz CT molecular complexity index is 750. The summed E-state index contributed by atoms with van der Waals surface area (Å²) < 4.78 is 5.83. The van der Waals surface area contributed by atoms with E-state index in [9.17, 15) is 0 Å². The Kier molecular flexibility index (Phi) is 5.29. The van der Waals surface area contributed by atoms with E-state index in [0.29, 0.717) is 6.61 Å². The van der Waals surface area contributed by atoms with Gasteiger partial charge in [-0.1, -0.05) is 42.5 Å². The van der Waals surface area contributed by atoms with Crippen molar-refractivity contribution in [1.29, 1.82) is 0 Å². The lowest BCUT2D eigenvalue weighted by Gasteiger charge is -2.15. The second-order valence-electron chi connectivity index (χ2n) is 5.97. The molecule has 0 bridgehead atoms. The van der Waals surface area contributed by atoms with Gasteiger partial charge in [-0.25, -0.2) is 0 Å². The molecule has 3 aromatic rings. The zero-order valence-electron chi connectivity index (χ0n) is 14.1. The van der Waals surface area contributed by atoms with Crippen LogP contribution in [0.15, 0.2) is 60.8 Å². The molecule has 0 aliphatic carbocycles. The van der Waals surface area contributed by atoms with Crippen LogP contribution in [-0.4, -0.2) is 10.2 Å². The van der Waals surface area contributed by atoms with Crippen LogP contribution in [0.3, 0.4) is 0 Å². The van der Waals surface area contributed by atoms with Crippen molar-refractivity contribution in [3.05, 3.63) is 83.2 Å². The molecule has 4 nitrogen and oxygen atoms in total. The van der Waals surface area contributed by atoms with Gasteiger partial charge in [0.25, 0.3) is 0 Å². The number of hydrogen-bond acceptors (Lipinski definition) is 3. The smallest absolute Gasteiger partial charge is 0.119 e. The molecule has 1 atom stereocenters. The van der Waals surface area contributed by atoms with E-state index in [1.54, 1.807) is 0 Å². The van der Waals surface area contributed by atoms with E-state index in [1.165, 1.54) is 16.7 Å². The van der Waals surface area contributed by atoms with Crippen molar-refractivity contribution in [3.8, 4) is 5.75 Å². The van der Waals surface area contributed by atoms with Gasteiger partial charge in [0, 0.05) is 23.8 Å². The third-order valence-electron chi connectivity index (χ3n) is 4.16. The lowest BCUT2D eigenvalue weighted by atomic mass is 10.1. The zero-order chi connectivity index (χ0) is 16.8. The minimum atomic E-state index is 0.266. The Morgan fingerprint density at radius 2 is 1.83 bits per heavy atom. The second kappa shape index (κ2) is 7.79. The summed E-state index contributed by atoms with van der Waals surface area (Å²) in [5, 5.41) is 10.5. The molecule has 124 valence electrons. The van der Waals surface area contributed by atoms with Crippen molar-refractivity contribution in [1.82, 2.24) is 15.5 Å². The Hall–Kier alpha value is -2.59. The van der Waals surface area contributed by atoms with Crippen LogP contribution < -0.4 is 10.1 Å². The summed E-state index contributed by atoms with van der Waals surface area (Å²) in [6.07, 6.45) is 1.87. The van der Waals surface area contributed by atoms with Crippen molar-refractivity contribution in [3.63, 3.8) is 0 Å². The monoisotopic (exact) mass is 321 g/mol. The maximum Gasteiger partial charge on any atom is 0.119 e. The van der Waals surface area contributed by atoms with Gasteiger partial charge >= 0.3 is 0 Å². The largest absolute Gasteiger partial charge is 0.489 e. The van der Waals surface area contributed by atoms with Gasteiger partial charge in [-0.3, -0.25) is 5.10 Å². The van der Waals surface area contributed by atoms with Gasteiger partial charge in [-0.05, 0) is 37.1 Å². The summed E-state index contributed by atoms with van der Waals surface area (Å²) in [5.41, 5.74) is 4.72. The van der Waals surface area contributed by atoms with Crippen LogP contribution in [-0.2, 0) is 13.2 Å². The number of ether oxygens (including phenoxy) is 1. The van der Waals surface area contributed by atoms with Gasteiger partial charge in [0.2, 0.25) is 0 Å². The highest BCUT2D eigenvalue weighted by atomic mass is 16.5. The van der Waals surface area contributed by atoms with Crippen LogP contribution in [0.5, 0.6) is 5.75 Å². The summed E-state index contributed by atoms with van der Waals surface area (Å²) in [6.45, 7) is 5.59. The average Bonchev–Trinajstić information content (AvgIpc) is 3.04. The molecule has 0 fully saturated rings. The third-order valence-corrected chi connectivity index (χ3v) is 4.16. The van der Waals surface area contributed by atoms with Gasteiger partial charge < -0.3 is 10.1 Å². The fraction of sp³-hybridized carbons (Fsp3) is 0.250. The van der Waals surface area contributed by atoms with Gasteiger partial charge in [0.1, 0.15) is 12.4 Å². The van der Waals surface area contributed by atoms with Crippen LogP contribution in [0.1, 0.15) is 35.3 Å². The summed E-state index contributed by atoms with van der Waals surface area (Å²) in [7, 11) is 0. The molecule has 0 saturated heterocycles. The first-order valence-electron chi connectivity index (χ1n) is 8.21. The zero-order valence-corrected chi connectivity index (χ0v) is 14.1. The molecular weight excluding hydrogens is 298 g/mol. The van der Waals surface area contributed by atoms with Crippen molar-refractivity contribution < 1.29 is 4.74 Å². The SMILES string of the molecule is Cc1[nH]ncc1CNC(C)c1ccc(OCc2ccccc2)cc1. The first-order valence-corrected chi connectivity index (χ1v) is 8.21. The highest BCUT2D eigenvalue weighted by molar-refractivity contribution is 5.29. The van der Waals surface area contributed by atoms with Crippen molar-refractivity contribution in [2.75, 3.05) is 0 Å². The van der Waals surface area contributed by atoms with Crippen LogP contribution in [0.25, 0.3) is 0 Å². The predicted octanol–water partition coefficient (Wildman–Crippen LogP) is 4.15. The first-order chi connectivity index (χ1) is 11.7. The van der Waals surface area contributed by atoms with Gasteiger partial charge in [-0.15, -0.1) is 0 Å². The number of aromatic amines is 1. The molecule has 4 heteroatoms. The molecule has 0 aliphatic heterocycles. The van der Waals surface area contributed by atoms with Crippen LogP contribution >= 0.6 is 0 Å². The second-order valence-corrected chi connectivity index (χ2v) is 5.97. The number of aryl methyl sites for hydroxylation is 1. The summed E-state index contributed by atoms with van der Waals surface area (Å²) in [6, 6.07) is 18.7. The quantitative estimate of drug-likeness (QED) is 0.687. The van der Waals surface area contributed by atoms with Crippen LogP contribution in [0, 0.1) is 6.92 Å². The average molecular weight is 321 g/mol. The fourth-order valence-electron chi connectivity index (χ4n) is 2.53. The van der Waals surface area contributed by atoms with Gasteiger partial charge in [0.15, 0.2) is 0 Å². The topological polar surface area (TPSA) is 49.9 Å². The third kappa shape index (κ3) is 4.24. The van der Waals surface area contributed by atoms with E-state index in [2.05, 4.69) is 46.7 Å². The number of nitrogens with zero attached hydrogens (tertiary/aromatic N) is 1. The minimum absolute atomic E-state index is 0.266. The highest BCUT2D eigenvalue weighted by Crippen LogP contribution is 2.19. The van der Waals surface area contributed by atoms with E-state index >= 15 is 0 Å². The van der Waals surface area contributed by atoms with Gasteiger partial charge in [0.05, 0.1) is 6.20 Å². The molecule has 0 spiro atoms. The molecule has 24 heavy (non-hydrogen) atoms. The van der Waals surface area contributed by atoms with Crippen LogP contribution in [0.4, 0.5) is 0 Å². The first kappa shape index (κ1) is 16.3. The Labute approximate surface area is 142 Å². The summed E-state index contributed by atoms with van der Waals surface area (Å²) in [5.74, 6) is 0.889. The Morgan fingerprint density at radius 1 is 1.08 bits per heavy atom. The number of nitrogens with one attached hydrogen (secondary N) is 2. The molecule has 0 radical (unpaired) electrons. The molecule has 2 aromatic carbocycles. The van der Waals surface area contributed by atoms with Crippen molar-refractivity contribution in [2.24, 2.45) is 0 Å². The van der Waals surface area contributed by atoms with E-state index < -0.39 is 0 Å². The molecule has 1 heterocycles. The van der Waals surface area contributed by atoms with Crippen molar-refractivity contribution in [2.45, 2.75) is 33.0 Å². The number of H-pyrrole nitrogens is 1. The number of benzene rings is 2. The number of aromatic nitrogens is 2. The maximum atomic E-state index is 5.83. The normalized spacial score (nSPS) is 12.1. The molecule has 2 N–H and O–H groups in total. The summed E-state index contributed by atoms with van der Waals surface area (Å²) in [4.78, 5) is 0. The van der Waals surface area contributed by atoms with E-state index in [-0.39, 0.29) is 6.04 Å². The Balaban J connectivity index is 1.52. The molecular formula is C20H23N3O. The number of rotatable bonds is 7. The lowest BCUT2D eigenvalue weighted by Crippen LogP contribution is -2.18. The molecule has 1 unspecified atom stereocenters. The predicted molar refractivity (Wildman–Crippen MR) is 95.8 cm³/mol. The standard InChI is InChI=1S/C20H23N3O/c1-15(21-12-19-13-22-23-16(19)2)18-8-10-20(11-9-18)24-14-17-6-4-3-5-7-17/h3-11,13,15,21H,12,14H2,1-2H3,(H,22,23). The maximum absolute atomic E-state index is 5.83. The molecule has 0 saturated carbocycles. The lowest BCUT2D eigenvalue weighted by molar-refractivity contribution is 0.306.